The molecule has 100 valence electrons. The Labute approximate surface area is 120 Å². The maximum atomic E-state index is 12.9. The van der Waals surface area contributed by atoms with Gasteiger partial charge in [0.15, 0.2) is 0 Å². The highest BCUT2D eigenvalue weighted by Crippen LogP contribution is 2.25. The van der Waals surface area contributed by atoms with Crippen LogP contribution in [0.25, 0.3) is 16.9 Å². The van der Waals surface area contributed by atoms with E-state index in [1.165, 1.54) is 12.1 Å². The number of aromatic nitrogens is 2. The van der Waals surface area contributed by atoms with E-state index in [4.69, 9.17) is 17.3 Å². The molecule has 0 aliphatic rings. The zero-order valence-corrected chi connectivity index (χ0v) is 11.2. The topological polar surface area (TPSA) is 43.8 Å². The van der Waals surface area contributed by atoms with E-state index in [2.05, 4.69) is 5.10 Å². The summed E-state index contributed by atoms with van der Waals surface area (Å²) >= 11 is 5.97. The maximum absolute atomic E-state index is 12.9. The van der Waals surface area contributed by atoms with Crippen molar-refractivity contribution in [2.24, 2.45) is 0 Å². The van der Waals surface area contributed by atoms with Crippen LogP contribution in [0.1, 0.15) is 0 Å². The molecule has 0 atom stereocenters. The summed E-state index contributed by atoms with van der Waals surface area (Å²) in [5.74, 6) is 0.182. The van der Waals surface area contributed by atoms with Crippen LogP contribution >= 0.6 is 11.6 Å². The standard InChI is InChI=1S/C15H11ClFN3/c16-11-3-1-2-10(8-11)14-9-15(18)20(19-14)13-6-4-12(17)5-7-13/h1-9H,18H2. The fourth-order valence-electron chi connectivity index (χ4n) is 1.97. The second-order valence-corrected chi connectivity index (χ2v) is 4.79. The Morgan fingerprint density at radius 2 is 1.80 bits per heavy atom. The highest BCUT2D eigenvalue weighted by atomic mass is 35.5. The predicted molar refractivity (Wildman–Crippen MR) is 78.4 cm³/mol. The zero-order valence-electron chi connectivity index (χ0n) is 10.4. The Bertz CT molecular complexity index is 750. The van der Waals surface area contributed by atoms with Crippen LogP contribution in [0.15, 0.2) is 54.6 Å². The van der Waals surface area contributed by atoms with E-state index in [9.17, 15) is 4.39 Å². The van der Waals surface area contributed by atoms with Crippen molar-refractivity contribution in [3.8, 4) is 16.9 Å². The Morgan fingerprint density at radius 3 is 2.50 bits per heavy atom. The second-order valence-electron chi connectivity index (χ2n) is 4.35. The van der Waals surface area contributed by atoms with Crippen molar-refractivity contribution in [3.05, 3.63) is 65.4 Å². The van der Waals surface area contributed by atoms with Gasteiger partial charge in [-0.15, -0.1) is 0 Å². The van der Waals surface area contributed by atoms with Crippen LogP contribution in [0.4, 0.5) is 10.2 Å². The van der Waals surface area contributed by atoms with Crippen LogP contribution in [0.3, 0.4) is 0 Å². The first-order valence-electron chi connectivity index (χ1n) is 6.01. The van der Waals surface area contributed by atoms with Crippen LogP contribution in [-0.4, -0.2) is 9.78 Å². The van der Waals surface area contributed by atoms with Gasteiger partial charge in [0.05, 0.1) is 11.4 Å². The number of hydrogen-bond acceptors (Lipinski definition) is 2. The molecular weight excluding hydrogens is 277 g/mol. The molecule has 0 amide bonds. The van der Waals surface area contributed by atoms with Gasteiger partial charge in [-0.1, -0.05) is 23.7 Å². The van der Waals surface area contributed by atoms with E-state index >= 15 is 0 Å². The lowest BCUT2D eigenvalue weighted by atomic mass is 10.1. The van der Waals surface area contributed by atoms with Crippen molar-refractivity contribution in [2.45, 2.75) is 0 Å². The molecule has 2 N–H and O–H groups in total. The summed E-state index contributed by atoms with van der Waals surface area (Å²) in [6.07, 6.45) is 0. The highest BCUT2D eigenvalue weighted by Gasteiger charge is 2.09. The van der Waals surface area contributed by atoms with E-state index in [1.54, 1.807) is 28.9 Å². The van der Waals surface area contributed by atoms with E-state index in [-0.39, 0.29) is 5.82 Å². The molecule has 0 spiro atoms. The van der Waals surface area contributed by atoms with Gasteiger partial charge >= 0.3 is 0 Å². The fourth-order valence-corrected chi connectivity index (χ4v) is 2.16. The summed E-state index contributed by atoms with van der Waals surface area (Å²) in [7, 11) is 0. The van der Waals surface area contributed by atoms with Gasteiger partial charge in [-0.05, 0) is 36.4 Å². The molecule has 2 aromatic carbocycles. The molecule has 1 heterocycles. The van der Waals surface area contributed by atoms with Gasteiger partial charge in [0, 0.05) is 16.7 Å². The summed E-state index contributed by atoms with van der Waals surface area (Å²) in [5, 5.41) is 5.07. The Kier molecular flexibility index (Phi) is 3.16. The number of anilines is 1. The summed E-state index contributed by atoms with van der Waals surface area (Å²) in [4.78, 5) is 0. The molecule has 3 rings (SSSR count). The molecule has 0 radical (unpaired) electrons. The van der Waals surface area contributed by atoms with Crippen LogP contribution in [0, 0.1) is 5.82 Å². The van der Waals surface area contributed by atoms with Gasteiger partial charge in [-0.2, -0.15) is 5.10 Å². The van der Waals surface area contributed by atoms with Crippen LogP contribution in [0.5, 0.6) is 0 Å². The maximum Gasteiger partial charge on any atom is 0.127 e. The number of nitrogens with zero attached hydrogens (tertiary/aromatic N) is 2. The summed E-state index contributed by atoms with van der Waals surface area (Å²) < 4.78 is 14.5. The molecule has 0 bridgehead atoms. The van der Waals surface area contributed by atoms with Gasteiger partial charge in [-0.3, -0.25) is 0 Å². The Balaban J connectivity index is 2.05. The van der Waals surface area contributed by atoms with Crippen LogP contribution in [-0.2, 0) is 0 Å². The number of nitrogens with two attached hydrogens (primary N) is 1. The highest BCUT2D eigenvalue weighted by molar-refractivity contribution is 6.30. The Hall–Kier alpha value is -2.33. The molecule has 5 heteroatoms. The van der Waals surface area contributed by atoms with Crippen LogP contribution in [0.2, 0.25) is 5.02 Å². The van der Waals surface area contributed by atoms with Gasteiger partial charge in [-0.25, -0.2) is 9.07 Å². The van der Waals surface area contributed by atoms with Gasteiger partial charge < -0.3 is 5.73 Å². The van der Waals surface area contributed by atoms with E-state index in [0.29, 0.717) is 22.2 Å². The van der Waals surface area contributed by atoms with Crippen molar-refractivity contribution in [1.82, 2.24) is 9.78 Å². The lowest BCUT2D eigenvalue weighted by molar-refractivity contribution is 0.627. The lowest BCUT2D eigenvalue weighted by Crippen LogP contribution is -2.01. The number of benzene rings is 2. The minimum Gasteiger partial charge on any atom is -0.384 e. The summed E-state index contributed by atoms with van der Waals surface area (Å²) in [6, 6.07) is 15.1. The van der Waals surface area contributed by atoms with Gasteiger partial charge in [0.25, 0.3) is 0 Å². The second kappa shape index (κ2) is 4.98. The first-order chi connectivity index (χ1) is 9.63. The third kappa shape index (κ3) is 2.38. The average molecular weight is 288 g/mol. The Morgan fingerprint density at radius 1 is 1.05 bits per heavy atom. The van der Waals surface area contributed by atoms with E-state index < -0.39 is 0 Å². The van der Waals surface area contributed by atoms with Crippen molar-refractivity contribution in [3.63, 3.8) is 0 Å². The predicted octanol–water partition coefficient (Wildman–Crippen LogP) is 3.91. The molecule has 0 saturated carbocycles. The number of halogens is 2. The first kappa shape index (κ1) is 12.7. The molecule has 0 aliphatic carbocycles. The van der Waals surface area contributed by atoms with Crippen LogP contribution < -0.4 is 5.73 Å². The summed E-state index contributed by atoms with van der Waals surface area (Å²) in [6.45, 7) is 0. The molecular formula is C15H11ClFN3. The molecule has 20 heavy (non-hydrogen) atoms. The van der Waals surface area contributed by atoms with E-state index in [1.807, 2.05) is 18.2 Å². The molecule has 3 aromatic rings. The number of rotatable bonds is 2. The SMILES string of the molecule is Nc1cc(-c2cccc(Cl)c2)nn1-c1ccc(F)cc1. The minimum absolute atomic E-state index is 0.297. The summed E-state index contributed by atoms with van der Waals surface area (Å²) in [5.41, 5.74) is 8.26. The monoisotopic (exact) mass is 287 g/mol. The normalized spacial score (nSPS) is 10.7. The fraction of sp³-hybridized carbons (Fsp3) is 0. The molecule has 1 aromatic heterocycles. The molecule has 0 saturated heterocycles. The van der Waals surface area contributed by atoms with Crippen molar-refractivity contribution < 1.29 is 4.39 Å². The zero-order chi connectivity index (χ0) is 14.1. The average Bonchev–Trinajstić information content (AvgIpc) is 2.82. The molecule has 0 aliphatic heterocycles. The van der Waals surface area contributed by atoms with Crippen molar-refractivity contribution in [2.75, 3.05) is 5.73 Å². The molecule has 0 unspecified atom stereocenters. The molecule has 0 fully saturated rings. The first-order valence-corrected chi connectivity index (χ1v) is 6.39. The third-order valence-electron chi connectivity index (χ3n) is 2.93. The minimum atomic E-state index is -0.297. The smallest absolute Gasteiger partial charge is 0.127 e. The van der Waals surface area contributed by atoms with Crippen molar-refractivity contribution >= 4 is 17.4 Å². The van der Waals surface area contributed by atoms with Gasteiger partial charge in [0.1, 0.15) is 11.6 Å². The van der Waals surface area contributed by atoms with Gasteiger partial charge in [0.2, 0.25) is 0 Å². The lowest BCUT2D eigenvalue weighted by Gasteiger charge is -2.03. The quantitative estimate of drug-likeness (QED) is 0.776. The van der Waals surface area contributed by atoms with E-state index in [0.717, 1.165) is 5.56 Å². The molecule has 3 nitrogen and oxygen atoms in total. The number of nitrogen functional groups attached to an aromatic ring is 1. The van der Waals surface area contributed by atoms with Crippen molar-refractivity contribution in [1.29, 1.82) is 0 Å². The largest absolute Gasteiger partial charge is 0.384 e. The third-order valence-corrected chi connectivity index (χ3v) is 3.16. The number of hydrogen-bond donors (Lipinski definition) is 1.